The highest BCUT2D eigenvalue weighted by molar-refractivity contribution is 5.82. The van der Waals surface area contributed by atoms with Gasteiger partial charge in [-0.1, -0.05) is 79.9 Å². The molecule has 0 radical (unpaired) electrons. The molecule has 1 N–H and O–H groups in total. The highest BCUT2D eigenvalue weighted by Crippen LogP contribution is 2.37. The van der Waals surface area contributed by atoms with Gasteiger partial charge < -0.3 is 14.4 Å². The van der Waals surface area contributed by atoms with E-state index in [9.17, 15) is 4.79 Å². The molecule has 3 aromatic carbocycles. The van der Waals surface area contributed by atoms with Gasteiger partial charge in [-0.3, -0.25) is 4.79 Å². The third-order valence-electron chi connectivity index (χ3n) is 6.18. The number of unbranched alkanes of at least 4 members (excludes halogenated alkanes) is 4. The average Bonchev–Trinajstić information content (AvgIpc) is 3.28. The molecule has 0 atom stereocenters. The Bertz CT molecular complexity index is 1220. The third kappa shape index (κ3) is 6.18. The molecule has 1 aromatic heterocycles. The van der Waals surface area contributed by atoms with E-state index in [1.165, 1.54) is 0 Å². The molecule has 0 spiro atoms. The van der Waals surface area contributed by atoms with Crippen LogP contribution in [0.4, 0.5) is 0 Å². The maximum Gasteiger partial charge on any atom is 0.303 e. The second-order valence-corrected chi connectivity index (χ2v) is 8.66. The minimum absolute atomic E-state index is 0.252. The molecule has 4 rings (SSSR count). The number of hydrogen-bond acceptors (Lipinski definition) is 3. The maximum atomic E-state index is 10.8. The number of carbonyl (C=O) groups is 1. The number of carboxylic acids is 1. The lowest BCUT2D eigenvalue weighted by atomic mass is 10.0. The zero-order chi connectivity index (χ0) is 24.5. The minimum atomic E-state index is -0.714. The van der Waals surface area contributed by atoms with E-state index in [1.807, 2.05) is 36.4 Å². The zero-order valence-electron chi connectivity index (χ0n) is 20.2. The molecule has 0 saturated heterocycles. The van der Waals surface area contributed by atoms with E-state index in [-0.39, 0.29) is 6.42 Å². The third-order valence-corrected chi connectivity index (χ3v) is 6.18. The fraction of sp³-hybridized carbons (Fsp3) is 0.267. The van der Waals surface area contributed by atoms with Crippen molar-refractivity contribution < 1.29 is 14.6 Å². The Morgan fingerprint density at radius 2 is 1.37 bits per heavy atom. The van der Waals surface area contributed by atoms with Crippen molar-refractivity contribution in [1.82, 2.24) is 9.55 Å². The highest BCUT2D eigenvalue weighted by Gasteiger charge is 2.21. The lowest BCUT2D eigenvalue weighted by molar-refractivity contribution is -0.137. The van der Waals surface area contributed by atoms with E-state index >= 15 is 0 Å². The summed E-state index contributed by atoms with van der Waals surface area (Å²) in [6.07, 6.45) is 5.02. The van der Waals surface area contributed by atoms with Crippen LogP contribution in [0.1, 0.15) is 38.5 Å². The van der Waals surface area contributed by atoms with Crippen LogP contribution < -0.4 is 4.74 Å². The number of nitrogens with zero attached hydrogens (tertiary/aromatic N) is 2. The Kier molecular flexibility index (Phi) is 8.34. The van der Waals surface area contributed by atoms with Gasteiger partial charge in [0, 0.05) is 29.7 Å². The number of carboxylic acid groups (broad SMARTS) is 1. The van der Waals surface area contributed by atoms with Gasteiger partial charge in [-0.2, -0.15) is 0 Å². The van der Waals surface area contributed by atoms with Crippen LogP contribution >= 0.6 is 0 Å². The number of hydrogen-bond donors (Lipinski definition) is 1. The number of rotatable bonds is 12. The summed E-state index contributed by atoms with van der Waals surface area (Å²) in [7, 11) is 1.67. The van der Waals surface area contributed by atoms with Gasteiger partial charge >= 0.3 is 5.97 Å². The van der Waals surface area contributed by atoms with Crippen molar-refractivity contribution in [2.45, 2.75) is 45.1 Å². The van der Waals surface area contributed by atoms with Crippen molar-refractivity contribution in [1.29, 1.82) is 0 Å². The second-order valence-electron chi connectivity index (χ2n) is 8.66. The number of methoxy groups -OCH3 is 1. The van der Waals surface area contributed by atoms with E-state index in [2.05, 4.69) is 53.1 Å². The first-order chi connectivity index (χ1) is 17.2. The Morgan fingerprint density at radius 1 is 0.771 bits per heavy atom. The molecule has 0 amide bonds. The van der Waals surface area contributed by atoms with Gasteiger partial charge in [0.25, 0.3) is 0 Å². The lowest BCUT2D eigenvalue weighted by Gasteiger charge is -2.14. The van der Waals surface area contributed by atoms with Crippen molar-refractivity contribution in [3.05, 3.63) is 84.9 Å². The van der Waals surface area contributed by atoms with Crippen LogP contribution in [0, 0.1) is 0 Å². The Balaban J connectivity index is 1.70. The van der Waals surface area contributed by atoms with Crippen LogP contribution in [0.3, 0.4) is 0 Å². The first-order valence-electron chi connectivity index (χ1n) is 12.2. The van der Waals surface area contributed by atoms with Crippen molar-refractivity contribution in [2.75, 3.05) is 7.11 Å². The second kappa shape index (κ2) is 12.0. The van der Waals surface area contributed by atoms with Crippen molar-refractivity contribution in [2.24, 2.45) is 0 Å². The molecule has 180 valence electrons. The molecule has 0 bridgehead atoms. The lowest BCUT2D eigenvalue weighted by Crippen LogP contribution is -2.04. The SMILES string of the molecule is COc1ccc(-c2nc(-c3ccccc3)c(-c3ccccc3)n2CCCCCCCC(=O)O)cc1. The molecule has 4 aromatic rings. The molecule has 0 unspecified atom stereocenters. The van der Waals surface area contributed by atoms with Gasteiger partial charge in [0.05, 0.1) is 18.5 Å². The predicted octanol–water partition coefficient (Wildman–Crippen LogP) is 7.32. The van der Waals surface area contributed by atoms with E-state index in [0.29, 0.717) is 0 Å². The number of aliphatic carboxylic acids is 1. The summed E-state index contributed by atoms with van der Waals surface area (Å²) in [5.41, 5.74) is 5.37. The van der Waals surface area contributed by atoms with E-state index in [1.54, 1.807) is 7.11 Å². The maximum absolute atomic E-state index is 10.8. The van der Waals surface area contributed by atoms with Gasteiger partial charge in [0.1, 0.15) is 11.6 Å². The summed E-state index contributed by atoms with van der Waals surface area (Å²) in [5, 5.41) is 8.85. The molecule has 35 heavy (non-hydrogen) atoms. The predicted molar refractivity (Wildman–Crippen MR) is 140 cm³/mol. The molecule has 1 heterocycles. The van der Waals surface area contributed by atoms with Crippen LogP contribution in [-0.4, -0.2) is 27.7 Å². The van der Waals surface area contributed by atoms with Gasteiger partial charge in [0.2, 0.25) is 0 Å². The van der Waals surface area contributed by atoms with Crippen LogP contribution in [0.2, 0.25) is 0 Å². The number of imidazole rings is 1. The van der Waals surface area contributed by atoms with Crippen molar-refractivity contribution in [3.63, 3.8) is 0 Å². The van der Waals surface area contributed by atoms with E-state index in [4.69, 9.17) is 14.8 Å². The summed E-state index contributed by atoms with van der Waals surface area (Å²) in [6.45, 7) is 0.838. The molecular formula is C30H32N2O3. The van der Waals surface area contributed by atoms with Crippen LogP contribution in [0.25, 0.3) is 33.9 Å². The molecule has 0 fully saturated rings. The van der Waals surface area contributed by atoms with Crippen LogP contribution in [0.5, 0.6) is 5.75 Å². The molecule has 0 aliphatic heterocycles. The summed E-state index contributed by atoms with van der Waals surface area (Å²) in [5.74, 6) is 1.05. The van der Waals surface area contributed by atoms with Gasteiger partial charge in [-0.15, -0.1) is 0 Å². The summed E-state index contributed by atoms with van der Waals surface area (Å²) in [4.78, 5) is 15.9. The highest BCUT2D eigenvalue weighted by atomic mass is 16.5. The first-order valence-corrected chi connectivity index (χ1v) is 12.2. The fourth-order valence-corrected chi connectivity index (χ4v) is 4.39. The van der Waals surface area contributed by atoms with Gasteiger partial charge in [-0.25, -0.2) is 4.98 Å². The van der Waals surface area contributed by atoms with Gasteiger partial charge in [-0.05, 0) is 37.1 Å². The number of ether oxygens (including phenoxy) is 1. The summed E-state index contributed by atoms with van der Waals surface area (Å²) in [6, 6.07) is 28.9. The van der Waals surface area contributed by atoms with Gasteiger partial charge in [0.15, 0.2) is 0 Å². The normalized spacial score (nSPS) is 10.9. The smallest absolute Gasteiger partial charge is 0.303 e. The van der Waals surface area contributed by atoms with E-state index in [0.717, 1.165) is 78.3 Å². The topological polar surface area (TPSA) is 64.4 Å². The molecule has 0 aliphatic rings. The van der Waals surface area contributed by atoms with Crippen molar-refractivity contribution in [3.8, 4) is 39.7 Å². The molecule has 5 heteroatoms. The molecular weight excluding hydrogens is 436 g/mol. The fourth-order valence-electron chi connectivity index (χ4n) is 4.39. The van der Waals surface area contributed by atoms with Crippen LogP contribution in [-0.2, 0) is 11.3 Å². The van der Waals surface area contributed by atoms with Crippen molar-refractivity contribution >= 4 is 5.97 Å². The van der Waals surface area contributed by atoms with Crippen LogP contribution in [0.15, 0.2) is 84.9 Å². The minimum Gasteiger partial charge on any atom is -0.497 e. The Morgan fingerprint density at radius 3 is 2.00 bits per heavy atom. The molecule has 5 nitrogen and oxygen atoms in total. The number of aromatic nitrogens is 2. The number of benzene rings is 3. The standard InChI is InChI=1S/C30H32N2O3/c1-35-26-20-18-25(19-21-26)30-31-28(23-13-7-5-8-14-23)29(24-15-9-6-10-16-24)32(30)22-12-4-2-3-11-17-27(33)34/h5-10,13-16,18-21H,2-4,11-12,17,22H2,1H3,(H,33,34). The first kappa shape index (κ1) is 24.3. The van der Waals surface area contributed by atoms with E-state index < -0.39 is 5.97 Å². The summed E-state index contributed by atoms with van der Waals surface area (Å²) < 4.78 is 7.71. The molecule has 0 saturated carbocycles. The molecule has 0 aliphatic carbocycles. The largest absolute Gasteiger partial charge is 0.497 e. The Labute approximate surface area is 207 Å². The quantitative estimate of drug-likeness (QED) is 0.221. The zero-order valence-corrected chi connectivity index (χ0v) is 20.2. The summed E-state index contributed by atoms with van der Waals surface area (Å²) >= 11 is 0. The average molecular weight is 469 g/mol. The monoisotopic (exact) mass is 468 g/mol. The Hall–Kier alpha value is -3.86.